The molecule has 0 spiro atoms. The van der Waals surface area contributed by atoms with Crippen molar-refractivity contribution in [2.75, 3.05) is 6.54 Å². The average molecular weight is 250 g/mol. The summed E-state index contributed by atoms with van der Waals surface area (Å²) in [5, 5.41) is 0. The Hall–Kier alpha value is -1.05. The number of hydrogen-bond donors (Lipinski definition) is 2. The molecule has 1 aromatic carbocycles. The molecule has 0 heterocycles. The summed E-state index contributed by atoms with van der Waals surface area (Å²) < 4.78 is 51.0. The Morgan fingerprint density at radius 3 is 2.25 bits per heavy atom. The Morgan fingerprint density at radius 2 is 1.81 bits per heavy atom. The lowest BCUT2D eigenvalue weighted by Gasteiger charge is -2.11. The van der Waals surface area contributed by atoms with Gasteiger partial charge in [-0.25, -0.2) is 21.9 Å². The van der Waals surface area contributed by atoms with Crippen molar-refractivity contribution < 1.29 is 17.2 Å². The first-order valence-electron chi connectivity index (χ1n) is 4.53. The van der Waals surface area contributed by atoms with Crippen molar-refractivity contribution >= 4 is 10.0 Å². The molecule has 1 aromatic rings. The molecule has 1 unspecified atom stereocenters. The van der Waals surface area contributed by atoms with E-state index in [-0.39, 0.29) is 6.54 Å². The Labute approximate surface area is 92.5 Å². The summed E-state index contributed by atoms with van der Waals surface area (Å²) in [4.78, 5) is -0.453. The lowest BCUT2D eigenvalue weighted by atomic mass is 10.3. The van der Waals surface area contributed by atoms with E-state index in [2.05, 4.69) is 4.72 Å². The minimum atomic E-state index is -3.93. The van der Waals surface area contributed by atoms with Gasteiger partial charge in [-0.05, 0) is 19.1 Å². The minimum Gasteiger partial charge on any atom is -0.329 e. The first kappa shape index (κ1) is 13.0. The highest BCUT2D eigenvalue weighted by Gasteiger charge is 2.18. The van der Waals surface area contributed by atoms with E-state index < -0.39 is 32.6 Å². The van der Waals surface area contributed by atoms with Crippen molar-refractivity contribution in [1.29, 1.82) is 0 Å². The molecule has 0 radical (unpaired) electrons. The normalized spacial score (nSPS) is 13.8. The average Bonchev–Trinajstić information content (AvgIpc) is 2.15. The first-order chi connectivity index (χ1) is 7.35. The monoisotopic (exact) mass is 250 g/mol. The highest BCUT2D eigenvalue weighted by atomic mass is 32.2. The maximum Gasteiger partial charge on any atom is 0.241 e. The number of nitrogens with one attached hydrogen (secondary N) is 1. The van der Waals surface area contributed by atoms with Gasteiger partial charge in [-0.1, -0.05) is 0 Å². The van der Waals surface area contributed by atoms with E-state index in [9.17, 15) is 17.2 Å². The van der Waals surface area contributed by atoms with Gasteiger partial charge in [0.15, 0.2) is 0 Å². The van der Waals surface area contributed by atoms with E-state index in [1.807, 2.05) is 0 Å². The summed E-state index contributed by atoms with van der Waals surface area (Å²) >= 11 is 0. The van der Waals surface area contributed by atoms with Crippen LogP contribution in [-0.2, 0) is 10.0 Å². The van der Waals surface area contributed by atoms with Gasteiger partial charge < -0.3 is 5.73 Å². The van der Waals surface area contributed by atoms with Crippen LogP contribution in [0, 0.1) is 11.6 Å². The number of rotatable bonds is 4. The van der Waals surface area contributed by atoms with E-state index in [0.717, 1.165) is 12.1 Å². The number of hydrogen-bond acceptors (Lipinski definition) is 3. The van der Waals surface area contributed by atoms with Gasteiger partial charge in [0.25, 0.3) is 0 Å². The van der Waals surface area contributed by atoms with Crippen LogP contribution in [0.3, 0.4) is 0 Å². The zero-order valence-corrected chi connectivity index (χ0v) is 9.39. The van der Waals surface area contributed by atoms with Crippen LogP contribution in [0.5, 0.6) is 0 Å². The van der Waals surface area contributed by atoms with Crippen LogP contribution in [0.15, 0.2) is 23.1 Å². The quantitative estimate of drug-likeness (QED) is 0.821. The highest BCUT2D eigenvalue weighted by Crippen LogP contribution is 2.13. The van der Waals surface area contributed by atoms with Crippen LogP contribution in [0.2, 0.25) is 0 Å². The predicted octanol–water partition coefficient (Wildman–Crippen LogP) is 0.590. The maximum atomic E-state index is 12.8. The standard InChI is InChI=1S/C9H12F2N2O2S/c1-6(5-12)13-16(14,15)9-3-7(10)2-8(11)4-9/h2-4,6,13H,5,12H2,1H3. The fourth-order valence-corrected chi connectivity index (χ4v) is 2.36. The van der Waals surface area contributed by atoms with Crippen molar-refractivity contribution in [2.45, 2.75) is 17.9 Å². The molecule has 0 aliphatic heterocycles. The number of sulfonamides is 1. The summed E-state index contributed by atoms with van der Waals surface area (Å²) in [7, 11) is -3.93. The van der Waals surface area contributed by atoms with Crippen molar-refractivity contribution in [3.05, 3.63) is 29.8 Å². The molecule has 0 aromatic heterocycles. The summed E-state index contributed by atoms with van der Waals surface area (Å²) in [6, 6.07) is 1.59. The second kappa shape index (κ2) is 4.86. The van der Waals surface area contributed by atoms with Gasteiger partial charge in [0, 0.05) is 18.7 Å². The topological polar surface area (TPSA) is 72.2 Å². The molecule has 0 saturated carbocycles. The van der Waals surface area contributed by atoms with Crippen LogP contribution in [-0.4, -0.2) is 21.0 Å². The molecule has 16 heavy (non-hydrogen) atoms. The van der Waals surface area contributed by atoms with Crippen LogP contribution >= 0.6 is 0 Å². The number of halogens is 2. The molecule has 0 saturated heterocycles. The van der Waals surface area contributed by atoms with Crippen molar-refractivity contribution in [1.82, 2.24) is 4.72 Å². The van der Waals surface area contributed by atoms with Gasteiger partial charge in [-0.15, -0.1) is 0 Å². The third-order valence-electron chi connectivity index (χ3n) is 1.86. The van der Waals surface area contributed by atoms with Crippen molar-refractivity contribution in [2.24, 2.45) is 5.73 Å². The molecular weight excluding hydrogens is 238 g/mol. The van der Waals surface area contributed by atoms with E-state index >= 15 is 0 Å². The van der Waals surface area contributed by atoms with E-state index in [0.29, 0.717) is 6.07 Å². The summed E-state index contributed by atoms with van der Waals surface area (Å²) in [5.41, 5.74) is 5.24. The lowest BCUT2D eigenvalue weighted by molar-refractivity contribution is 0.551. The molecule has 0 fully saturated rings. The fraction of sp³-hybridized carbons (Fsp3) is 0.333. The summed E-state index contributed by atoms with van der Waals surface area (Å²) in [5.74, 6) is -1.89. The predicted molar refractivity (Wildman–Crippen MR) is 55.2 cm³/mol. The Balaban J connectivity index is 3.07. The summed E-state index contributed by atoms with van der Waals surface area (Å²) in [6.07, 6.45) is 0. The molecule has 1 rings (SSSR count). The van der Waals surface area contributed by atoms with E-state index in [1.54, 1.807) is 6.92 Å². The Morgan fingerprint density at radius 1 is 1.31 bits per heavy atom. The third-order valence-corrected chi connectivity index (χ3v) is 3.43. The molecule has 7 heteroatoms. The van der Waals surface area contributed by atoms with Gasteiger partial charge in [0.1, 0.15) is 11.6 Å². The molecular formula is C9H12F2N2O2S. The molecule has 4 nitrogen and oxygen atoms in total. The molecule has 1 atom stereocenters. The van der Waals surface area contributed by atoms with Gasteiger partial charge >= 0.3 is 0 Å². The zero-order chi connectivity index (χ0) is 12.3. The molecule has 0 aliphatic rings. The lowest BCUT2D eigenvalue weighted by Crippen LogP contribution is -2.37. The largest absolute Gasteiger partial charge is 0.329 e. The van der Waals surface area contributed by atoms with Crippen LogP contribution < -0.4 is 10.5 Å². The zero-order valence-electron chi connectivity index (χ0n) is 8.57. The molecule has 90 valence electrons. The summed E-state index contributed by atoms with van der Waals surface area (Å²) in [6.45, 7) is 1.64. The molecule has 0 bridgehead atoms. The van der Waals surface area contributed by atoms with E-state index in [1.165, 1.54) is 0 Å². The maximum absolute atomic E-state index is 12.8. The molecule has 0 aliphatic carbocycles. The second-order valence-electron chi connectivity index (χ2n) is 3.36. The minimum absolute atomic E-state index is 0.0943. The number of benzene rings is 1. The Kier molecular flexibility index (Phi) is 3.95. The smallest absolute Gasteiger partial charge is 0.241 e. The fourth-order valence-electron chi connectivity index (χ4n) is 1.06. The van der Waals surface area contributed by atoms with Gasteiger partial charge in [-0.3, -0.25) is 0 Å². The first-order valence-corrected chi connectivity index (χ1v) is 6.02. The number of nitrogens with two attached hydrogens (primary N) is 1. The molecule has 0 amide bonds. The van der Waals surface area contributed by atoms with Gasteiger partial charge in [0.2, 0.25) is 10.0 Å². The third kappa shape index (κ3) is 3.22. The van der Waals surface area contributed by atoms with Crippen molar-refractivity contribution in [3.8, 4) is 0 Å². The highest BCUT2D eigenvalue weighted by molar-refractivity contribution is 7.89. The van der Waals surface area contributed by atoms with E-state index in [4.69, 9.17) is 5.73 Å². The van der Waals surface area contributed by atoms with Crippen LogP contribution in [0.1, 0.15) is 6.92 Å². The van der Waals surface area contributed by atoms with Gasteiger partial charge in [0.05, 0.1) is 4.90 Å². The van der Waals surface area contributed by atoms with Crippen LogP contribution in [0.4, 0.5) is 8.78 Å². The van der Waals surface area contributed by atoms with Crippen LogP contribution in [0.25, 0.3) is 0 Å². The Bertz CT molecular complexity index is 456. The second-order valence-corrected chi connectivity index (χ2v) is 5.08. The molecule has 3 N–H and O–H groups in total. The van der Waals surface area contributed by atoms with Crippen molar-refractivity contribution in [3.63, 3.8) is 0 Å². The van der Waals surface area contributed by atoms with Gasteiger partial charge in [-0.2, -0.15) is 0 Å². The SMILES string of the molecule is CC(CN)NS(=O)(=O)c1cc(F)cc(F)c1.